The quantitative estimate of drug-likeness (QED) is 0.343. The summed E-state index contributed by atoms with van der Waals surface area (Å²) in [5.41, 5.74) is 1.32. The van der Waals surface area contributed by atoms with Crippen molar-refractivity contribution in [2.24, 2.45) is 7.05 Å². The largest absolute Gasteiger partial charge is 0.385 e. The number of hydrogen-bond donors (Lipinski definition) is 0. The van der Waals surface area contributed by atoms with Crippen molar-refractivity contribution < 1.29 is 22.7 Å². The monoisotopic (exact) mass is 488 g/mol. The number of para-hydroxylation sites is 1. The number of pyridine rings is 1. The Morgan fingerprint density at radius 1 is 1.03 bits per heavy atom. The molecule has 0 aliphatic heterocycles. The zero-order valence-electron chi connectivity index (χ0n) is 19.9. The molecule has 0 aliphatic carbocycles. The maximum Gasteiger partial charge on any atom is 0.245 e. The van der Waals surface area contributed by atoms with Gasteiger partial charge in [0.25, 0.3) is 0 Å². The summed E-state index contributed by atoms with van der Waals surface area (Å²) < 4.78 is 40.9. The van der Waals surface area contributed by atoms with Crippen LogP contribution in [0.25, 0.3) is 10.9 Å². The molecular formula is C24H32N4O5S. The number of ether oxygens (including phenoxy) is 2. The summed E-state index contributed by atoms with van der Waals surface area (Å²) in [5, 5.41) is 0.720. The number of benzene rings is 1. The van der Waals surface area contributed by atoms with E-state index in [1.807, 2.05) is 42.1 Å². The molecule has 2 aromatic heterocycles. The van der Waals surface area contributed by atoms with Crippen molar-refractivity contribution in [3.8, 4) is 0 Å². The van der Waals surface area contributed by atoms with E-state index in [1.54, 1.807) is 37.4 Å². The van der Waals surface area contributed by atoms with Gasteiger partial charge >= 0.3 is 0 Å². The maximum absolute atomic E-state index is 13.7. The molecule has 3 aromatic rings. The Morgan fingerprint density at radius 2 is 1.79 bits per heavy atom. The van der Waals surface area contributed by atoms with Crippen LogP contribution in [0.1, 0.15) is 12.1 Å². The summed E-state index contributed by atoms with van der Waals surface area (Å²) in [5.74, 6) is -0.299. The van der Waals surface area contributed by atoms with Gasteiger partial charge in [0.05, 0.1) is 25.2 Å². The lowest BCUT2D eigenvalue weighted by molar-refractivity contribution is -0.132. The molecule has 9 nitrogen and oxygen atoms in total. The summed E-state index contributed by atoms with van der Waals surface area (Å²) in [6.07, 6.45) is 3.93. The zero-order valence-corrected chi connectivity index (χ0v) is 20.7. The Balaban J connectivity index is 1.90. The minimum absolute atomic E-state index is 0.0849. The number of hydrogen-bond acceptors (Lipinski definition) is 6. The van der Waals surface area contributed by atoms with Crippen LogP contribution >= 0.6 is 0 Å². The molecule has 0 atom stereocenters. The van der Waals surface area contributed by atoms with Crippen LogP contribution in [0.3, 0.4) is 0 Å². The molecule has 1 aromatic carbocycles. The minimum Gasteiger partial charge on any atom is -0.385 e. The molecule has 0 N–H and O–H groups in total. The first-order valence-corrected chi connectivity index (χ1v) is 12.5. The first-order chi connectivity index (χ1) is 16.4. The van der Waals surface area contributed by atoms with Gasteiger partial charge in [0.1, 0.15) is 4.90 Å². The van der Waals surface area contributed by atoms with Gasteiger partial charge in [-0.3, -0.25) is 9.78 Å². The van der Waals surface area contributed by atoms with Gasteiger partial charge in [0, 0.05) is 64.4 Å². The third-order valence-corrected chi connectivity index (χ3v) is 7.48. The van der Waals surface area contributed by atoms with Gasteiger partial charge in [0.2, 0.25) is 15.9 Å². The standard InChI is InChI=1S/C24H32N4O5S/c1-26-13-6-10-21(26)18-27(15-17-33-3)23(29)19-28(14-7-16-32-2)34(30,31)22-11-4-8-20-9-5-12-25-24(20)22/h4-6,8-13H,7,14-19H2,1-3H3. The van der Waals surface area contributed by atoms with Gasteiger partial charge in [-0.15, -0.1) is 0 Å². The van der Waals surface area contributed by atoms with Crippen molar-refractivity contribution in [3.05, 3.63) is 60.6 Å². The van der Waals surface area contributed by atoms with E-state index in [-0.39, 0.29) is 23.9 Å². The molecular weight excluding hydrogens is 456 g/mol. The Kier molecular flexibility index (Phi) is 9.17. The van der Waals surface area contributed by atoms with E-state index in [4.69, 9.17) is 9.47 Å². The molecule has 0 saturated heterocycles. The van der Waals surface area contributed by atoms with Crippen LogP contribution in [0.15, 0.2) is 59.8 Å². The van der Waals surface area contributed by atoms with Crippen LogP contribution in [-0.4, -0.2) is 80.1 Å². The van der Waals surface area contributed by atoms with Gasteiger partial charge in [-0.25, -0.2) is 8.42 Å². The molecule has 184 valence electrons. The highest BCUT2D eigenvalue weighted by atomic mass is 32.2. The Bertz CT molecular complexity index is 1190. The van der Waals surface area contributed by atoms with Crippen molar-refractivity contribution in [1.82, 2.24) is 18.8 Å². The summed E-state index contributed by atoms with van der Waals surface area (Å²) in [6.45, 7) is 1.29. The summed E-state index contributed by atoms with van der Waals surface area (Å²) in [4.78, 5) is 19.4. The van der Waals surface area contributed by atoms with E-state index in [0.29, 0.717) is 38.2 Å². The fourth-order valence-corrected chi connectivity index (χ4v) is 5.29. The number of aromatic nitrogens is 2. The van der Waals surface area contributed by atoms with Crippen molar-refractivity contribution in [1.29, 1.82) is 0 Å². The lowest BCUT2D eigenvalue weighted by Crippen LogP contribution is -2.44. The maximum atomic E-state index is 13.7. The van der Waals surface area contributed by atoms with Gasteiger partial charge in [0.15, 0.2) is 0 Å². The highest BCUT2D eigenvalue weighted by Crippen LogP contribution is 2.24. The van der Waals surface area contributed by atoms with Crippen LogP contribution in [-0.2, 0) is 37.9 Å². The van der Waals surface area contributed by atoms with Crippen LogP contribution in [0.5, 0.6) is 0 Å². The van der Waals surface area contributed by atoms with E-state index in [2.05, 4.69) is 4.98 Å². The molecule has 0 spiro atoms. The number of sulfonamides is 1. The molecule has 0 unspecified atom stereocenters. The zero-order chi connectivity index (χ0) is 24.6. The van der Waals surface area contributed by atoms with Crippen LogP contribution in [0.2, 0.25) is 0 Å². The smallest absolute Gasteiger partial charge is 0.245 e. The summed E-state index contributed by atoms with van der Waals surface area (Å²) in [6, 6.07) is 12.4. The molecule has 0 radical (unpaired) electrons. The van der Waals surface area contributed by atoms with E-state index < -0.39 is 10.0 Å². The number of aryl methyl sites for hydroxylation is 1. The van der Waals surface area contributed by atoms with Crippen LogP contribution in [0.4, 0.5) is 0 Å². The first-order valence-electron chi connectivity index (χ1n) is 11.1. The molecule has 1 amide bonds. The molecule has 0 bridgehead atoms. The fraction of sp³-hybridized carbons (Fsp3) is 0.417. The average Bonchev–Trinajstić information content (AvgIpc) is 3.24. The third-order valence-electron chi connectivity index (χ3n) is 5.60. The number of carbonyl (C=O) groups is 1. The van der Waals surface area contributed by atoms with Gasteiger partial charge in [-0.2, -0.15) is 4.31 Å². The second-order valence-corrected chi connectivity index (χ2v) is 9.84. The number of amides is 1. The average molecular weight is 489 g/mol. The normalized spacial score (nSPS) is 11.9. The van der Waals surface area contributed by atoms with E-state index in [1.165, 1.54) is 10.4 Å². The van der Waals surface area contributed by atoms with Crippen molar-refractivity contribution in [2.45, 2.75) is 17.9 Å². The predicted octanol–water partition coefficient (Wildman–Crippen LogP) is 2.28. The number of fused-ring (bicyclic) bond motifs is 1. The second-order valence-electron chi connectivity index (χ2n) is 7.93. The number of carbonyl (C=O) groups excluding carboxylic acids is 1. The summed E-state index contributed by atoms with van der Waals surface area (Å²) >= 11 is 0. The Labute approximate surface area is 200 Å². The number of methoxy groups -OCH3 is 2. The van der Waals surface area contributed by atoms with Crippen molar-refractivity contribution >= 4 is 26.8 Å². The summed E-state index contributed by atoms with van der Waals surface area (Å²) in [7, 11) is 1.04. The number of rotatable bonds is 13. The minimum atomic E-state index is -4.00. The highest BCUT2D eigenvalue weighted by molar-refractivity contribution is 7.89. The Morgan fingerprint density at radius 3 is 2.50 bits per heavy atom. The lowest BCUT2D eigenvalue weighted by Gasteiger charge is -2.27. The van der Waals surface area contributed by atoms with Gasteiger partial charge in [-0.1, -0.05) is 18.2 Å². The highest BCUT2D eigenvalue weighted by Gasteiger charge is 2.30. The first kappa shape index (κ1) is 25.8. The van der Waals surface area contributed by atoms with Crippen LogP contribution < -0.4 is 0 Å². The van der Waals surface area contributed by atoms with Crippen molar-refractivity contribution in [3.63, 3.8) is 0 Å². The molecule has 34 heavy (non-hydrogen) atoms. The SMILES string of the molecule is COCCCN(CC(=O)N(CCOC)Cc1cccn1C)S(=O)(=O)c1cccc2cccnc12. The topological polar surface area (TPSA) is 94.0 Å². The van der Waals surface area contributed by atoms with E-state index in [0.717, 1.165) is 11.1 Å². The van der Waals surface area contributed by atoms with Crippen molar-refractivity contribution in [2.75, 3.05) is 47.1 Å². The molecule has 0 saturated carbocycles. The molecule has 10 heteroatoms. The molecule has 0 fully saturated rings. The molecule has 3 rings (SSSR count). The van der Waals surface area contributed by atoms with Gasteiger partial charge in [-0.05, 0) is 30.7 Å². The fourth-order valence-electron chi connectivity index (χ4n) is 3.69. The third kappa shape index (κ3) is 6.20. The van der Waals surface area contributed by atoms with E-state index in [9.17, 15) is 13.2 Å². The number of nitrogens with zero attached hydrogens (tertiary/aromatic N) is 4. The second kappa shape index (κ2) is 12.1. The Hall–Kier alpha value is -2.79. The molecule has 0 aliphatic rings. The predicted molar refractivity (Wildman–Crippen MR) is 130 cm³/mol. The van der Waals surface area contributed by atoms with Gasteiger partial charge < -0.3 is 18.9 Å². The lowest BCUT2D eigenvalue weighted by atomic mass is 10.2. The van der Waals surface area contributed by atoms with E-state index >= 15 is 0 Å². The molecule has 2 heterocycles. The van der Waals surface area contributed by atoms with Crippen LogP contribution in [0, 0.1) is 0 Å².